The molecule has 1 aliphatic heterocycles. The third kappa shape index (κ3) is 3.07. The van der Waals surface area contributed by atoms with Gasteiger partial charge >= 0.3 is 0 Å². The molecule has 1 aromatic carbocycles. The van der Waals surface area contributed by atoms with Crippen LogP contribution in [0.5, 0.6) is 0 Å². The average Bonchev–Trinajstić information content (AvgIpc) is 2.92. The van der Waals surface area contributed by atoms with Gasteiger partial charge < -0.3 is 19.5 Å². The van der Waals surface area contributed by atoms with E-state index in [-0.39, 0.29) is 12.2 Å². The number of benzene rings is 1. The van der Waals surface area contributed by atoms with Gasteiger partial charge in [0.05, 0.1) is 13.2 Å². The third-order valence-electron chi connectivity index (χ3n) is 2.79. The number of hydrogen-bond acceptors (Lipinski definition) is 4. The molecule has 98 valence electrons. The molecule has 1 amide bonds. The van der Waals surface area contributed by atoms with Gasteiger partial charge in [0.15, 0.2) is 6.29 Å². The van der Waals surface area contributed by atoms with E-state index in [1.807, 2.05) is 24.3 Å². The fraction of sp³-hybridized carbons (Fsp3) is 0.462. The number of carbonyl (C=O) groups is 1. The molecule has 2 rings (SSSR count). The van der Waals surface area contributed by atoms with Crippen molar-refractivity contribution in [3.63, 3.8) is 0 Å². The Hall–Kier alpha value is -1.43. The first kappa shape index (κ1) is 13.0. The normalized spacial score (nSPS) is 17.7. The molecule has 1 aromatic rings. The first-order chi connectivity index (χ1) is 8.70. The Balaban J connectivity index is 1.97. The number of rotatable bonds is 4. The molecule has 1 heterocycles. The molecular weight excluding hydrogens is 234 g/mol. The largest absolute Gasteiger partial charge is 0.372 e. The van der Waals surface area contributed by atoms with Crippen molar-refractivity contribution in [2.45, 2.75) is 19.3 Å². The van der Waals surface area contributed by atoms with Crippen LogP contribution in [0.25, 0.3) is 0 Å². The topological polar surface area (TPSA) is 56.8 Å². The summed E-state index contributed by atoms with van der Waals surface area (Å²) in [5, 5.41) is 2.76. The van der Waals surface area contributed by atoms with Gasteiger partial charge in [-0.25, -0.2) is 0 Å². The lowest BCUT2D eigenvalue weighted by Crippen LogP contribution is -2.26. The van der Waals surface area contributed by atoms with E-state index in [2.05, 4.69) is 5.32 Å². The van der Waals surface area contributed by atoms with Crippen molar-refractivity contribution >= 4 is 11.6 Å². The quantitative estimate of drug-likeness (QED) is 0.885. The summed E-state index contributed by atoms with van der Waals surface area (Å²) in [4.78, 5) is 11.6. The number of nitrogens with one attached hydrogen (secondary N) is 1. The zero-order valence-electron chi connectivity index (χ0n) is 10.5. The second-order valence-corrected chi connectivity index (χ2v) is 4.06. The Labute approximate surface area is 106 Å². The highest BCUT2D eigenvalue weighted by Gasteiger charge is 2.18. The maximum atomic E-state index is 11.6. The molecule has 1 atom stereocenters. The SMILES string of the molecule is COC(C)C(=O)Nc1ccc(C2OCCO2)cc1. The summed E-state index contributed by atoms with van der Waals surface area (Å²) in [6.07, 6.45) is -0.751. The van der Waals surface area contributed by atoms with Crippen LogP contribution < -0.4 is 5.32 Å². The van der Waals surface area contributed by atoms with E-state index in [1.165, 1.54) is 7.11 Å². The molecule has 1 saturated heterocycles. The van der Waals surface area contributed by atoms with Gasteiger partial charge in [0.2, 0.25) is 0 Å². The van der Waals surface area contributed by atoms with Crippen LogP contribution in [-0.2, 0) is 19.0 Å². The van der Waals surface area contributed by atoms with Crippen LogP contribution in [0, 0.1) is 0 Å². The summed E-state index contributed by atoms with van der Waals surface area (Å²) < 4.78 is 15.7. The summed E-state index contributed by atoms with van der Waals surface area (Å²) in [6.45, 7) is 2.94. The van der Waals surface area contributed by atoms with E-state index < -0.39 is 6.10 Å². The highest BCUT2D eigenvalue weighted by atomic mass is 16.7. The van der Waals surface area contributed by atoms with Gasteiger partial charge in [-0.05, 0) is 19.1 Å². The van der Waals surface area contributed by atoms with Gasteiger partial charge in [-0.1, -0.05) is 12.1 Å². The number of carbonyl (C=O) groups excluding carboxylic acids is 1. The lowest BCUT2D eigenvalue weighted by atomic mass is 10.2. The molecule has 0 spiro atoms. The minimum absolute atomic E-state index is 0.168. The van der Waals surface area contributed by atoms with Crippen molar-refractivity contribution in [1.29, 1.82) is 0 Å². The molecule has 1 aliphatic rings. The zero-order chi connectivity index (χ0) is 13.0. The van der Waals surface area contributed by atoms with E-state index in [4.69, 9.17) is 14.2 Å². The van der Waals surface area contributed by atoms with E-state index >= 15 is 0 Å². The average molecular weight is 251 g/mol. The smallest absolute Gasteiger partial charge is 0.253 e. The maximum absolute atomic E-state index is 11.6. The Morgan fingerprint density at radius 3 is 2.50 bits per heavy atom. The number of amides is 1. The van der Waals surface area contributed by atoms with Crippen LogP contribution >= 0.6 is 0 Å². The summed E-state index contributed by atoms with van der Waals surface area (Å²) in [5.41, 5.74) is 1.68. The van der Waals surface area contributed by atoms with Gasteiger partial charge in [-0.2, -0.15) is 0 Å². The van der Waals surface area contributed by atoms with Crippen molar-refractivity contribution in [2.75, 3.05) is 25.6 Å². The molecule has 0 radical (unpaired) electrons. The predicted molar refractivity (Wildman–Crippen MR) is 66.2 cm³/mol. The molecule has 18 heavy (non-hydrogen) atoms. The molecule has 1 unspecified atom stereocenters. The Bertz CT molecular complexity index is 398. The van der Waals surface area contributed by atoms with Gasteiger partial charge in [0.25, 0.3) is 5.91 Å². The van der Waals surface area contributed by atoms with Crippen LogP contribution in [-0.4, -0.2) is 32.3 Å². The van der Waals surface area contributed by atoms with Crippen LogP contribution in [0.3, 0.4) is 0 Å². The Morgan fingerprint density at radius 2 is 1.94 bits per heavy atom. The van der Waals surface area contributed by atoms with E-state index in [0.717, 1.165) is 11.3 Å². The highest BCUT2D eigenvalue weighted by Crippen LogP contribution is 2.24. The fourth-order valence-electron chi connectivity index (χ4n) is 1.63. The predicted octanol–water partition coefficient (Wildman–Crippen LogP) is 1.71. The highest BCUT2D eigenvalue weighted by molar-refractivity contribution is 5.93. The van der Waals surface area contributed by atoms with Crippen LogP contribution in [0.4, 0.5) is 5.69 Å². The summed E-state index contributed by atoms with van der Waals surface area (Å²) in [5.74, 6) is -0.168. The van der Waals surface area contributed by atoms with Crippen LogP contribution in [0.15, 0.2) is 24.3 Å². The Morgan fingerprint density at radius 1 is 1.33 bits per heavy atom. The second kappa shape index (κ2) is 5.95. The molecule has 0 bridgehead atoms. The molecule has 5 nitrogen and oxygen atoms in total. The maximum Gasteiger partial charge on any atom is 0.253 e. The van der Waals surface area contributed by atoms with Crippen LogP contribution in [0.2, 0.25) is 0 Å². The molecule has 5 heteroatoms. The molecule has 1 N–H and O–H groups in total. The zero-order valence-corrected chi connectivity index (χ0v) is 10.5. The minimum Gasteiger partial charge on any atom is -0.372 e. The third-order valence-corrected chi connectivity index (χ3v) is 2.79. The van der Waals surface area contributed by atoms with Crippen molar-refractivity contribution in [2.24, 2.45) is 0 Å². The van der Waals surface area contributed by atoms with Crippen molar-refractivity contribution in [1.82, 2.24) is 0 Å². The van der Waals surface area contributed by atoms with Gasteiger partial charge in [0, 0.05) is 18.4 Å². The standard InChI is InChI=1S/C13H17NO4/c1-9(16-2)12(15)14-11-5-3-10(4-6-11)13-17-7-8-18-13/h3-6,9,13H,7-8H2,1-2H3,(H,14,15). The van der Waals surface area contributed by atoms with E-state index in [0.29, 0.717) is 13.2 Å². The lowest BCUT2D eigenvalue weighted by Gasteiger charge is -2.12. The van der Waals surface area contributed by atoms with Gasteiger partial charge in [-0.3, -0.25) is 4.79 Å². The molecule has 0 aromatic heterocycles. The number of anilines is 1. The minimum atomic E-state index is -0.467. The van der Waals surface area contributed by atoms with Crippen molar-refractivity contribution in [3.8, 4) is 0 Å². The van der Waals surface area contributed by atoms with Crippen LogP contribution in [0.1, 0.15) is 18.8 Å². The summed E-state index contributed by atoms with van der Waals surface area (Å²) in [6, 6.07) is 7.40. The van der Waals surface area contributed by atoms with E-state index in [9.17, 15) is 4.79 Å². The summed E-state index contributed by atoms with van der Waals surface area (Å²) in [7, 11) is 1.50. The number of hydrogen-bond donors (Lipinski definition) is 1. The molecule has 1 fully saturated rings. The Kier molecular flexibility index (Phi) is 4.30. The van der Waals surface area contributed by atoms with Crippen molar-refractivity contribution < 1.29 is 19.0 Å². The van der Waals surface area contributed by atoms with Crippen molar-refractivity contribution in [3.05, 3.63) is 29.8 Å². The molecule has 0 saturated carbocycles. The van der Waals surface area contributed by atoms with E-state index in [1.54, 1.807) is 6.92 Å². The first-order valence-electron chi connectivity index (χ1n) is 5.87. The molecular formula is C13H17NO4. The second-order valence-electron chi connectivity index (χ2n) is 4.06. The monoisotopic (exact) mass is 251 g/mol. The molecule has 0 aliphatic carbocycles. The number of methoxy groups -OCH3 is 1. The van der Waals surface area contributed by atoms with Gasteiger partial charge in [-0.15, -0.1) is 0 Å². The first-order valence-corrected chi connectivity index (χ1v) is 5.87. The van der Waals surface area contributed by atoms with Gasteiger partial charge in [0.1, 0.15) is 6.10 Å². The summed E-state index contributed by atoms with van der Waals surface area (Å²) >= 11 is 0. The lowest BCUT2D eigenvalue weighted by molar-refractivity contribution is -0.124. The number of ether oxygens (including phenoxy) is 3. The fourth-order valence-corrected chi connectivity index (χ4v) is 1.63.